The van der Waals surface area contributed by atoms with Gasteiger partial charge < -0.3 is 0 Å². The number of rotatable bonds is 6. The van der Waals surface area contributed by atoms with E-state index in [1.165, 1.54) is 0 Å². The van der Waals surface area contributed by atoms with Crippen LogP contribution < -0.4 is 0 Å². The van der Waals surface area contributed by atoms with Gasteiger partial charge in [-0.05, 0) is 31.1 Å². The summed E-state index contributed by atoms with van der Waals surface area (Å²) in [7, 11) is 0. The van der Waals surface area contributed by atoms with Crippen molar-refractivity contribution in [3.05, 3.63) is 0 Å². The topological polar surface area (TPSA) is 35.5 Å². The van der Waals surface area contributed by atoms with Gasteiger partial charge in [0.2, 0.25) is 0 Å². The third kappa shape index (κ3) is 8.51. The van der Waals surface area contributed by atoms with E-state index >= 15 is 0 Å². The Morgan fingerprint density at radius 2 is 1.50 bits per heavy atom. The molecule has 0 saturated carbocycles. The molecule has 0 aliphatic rings. The molecule has 0 N–H and O–H groups in total. The first-order valence-electron chi connectivity index (χ1n) is 6.75. The Morgan fingerprint density at radius 1 is 1.00 bits per heavy atom. The van der Waals surface area contributed by atoms with Crippen molar-refractivity contribution < 1.29 is 14.6 Å². The van der Waals surface area contributed by atoms with Gasteiger partial charge in [0.25, 0.3) is 0 Å². The molecule has 0 aromatic carbocycles. The van der Waals surface area contributed by atoms with Gasteiger partial charge in [-0.3, -0.25) is 4.89 Å². The van der Waals surface area contributed by atoms with Crippen LogP contribution in [0.3, 0.4) is 0 Å². The van der Waals surface area contributed by atoms with E-state index in [4.69, 9.17) is 9.78 Å². The van der Waals surface area contributed by atoms with Crippen LogP contribution in [-0.4, -0.2) is 11.6 Å². The van der Waals surface area contributed by atoms with Crippen molar-refractivity contribution in [3.63, 3.8) is 0 Å². The van der Waals surface area contributed by atoms with Crippen LogP contribution in [-0.2, 0) is 14.6 Å². The minimum Gasteiger partial charge on any atom is -0.298 e. The highest BCUT2D eigenvalue weighted by molar-refractivity contribution is 5.69. The van der Waals surface area contributed by atoms with Gasteiger partial charge >= 0.3 is 5.97 Å². The van der Waals surface area contributed by atoms with Gasteiger partial charge in [0.15, 0.2) is 0 Å². The lowest BCUT2D eigenvalue weighted by molar-refractivity contribution is -0.331. The summed E-state index contributed by atoms with van der Waals surface area (Å²) in [4.78, 5) is 21.9. The van der Waals surface area contributed by atoms with Crippen LogP contribution >= 0.6 is 0 Å². The molecule has 18 heavy (non-hydrogen) atoms. The fourth-order valence-electron chi connectivity index (χ4n) is 1.93. The average molecular weight is 258 g/mol. The molecule has 0 aliphatic heterocycles. The van der Waals surface area contributed by atoms with Crippen LogP contribution in [0.5, 0.6) is 0 Å². The zero-order chi connectivity index (χ0) is 14.6. The number of carbonyl (C=O) groups is 1. The molecule has 3 heteroatoms. The van der Waals surface area contributed by atoms with Gasteiger partial charge in [-0.1, -0.05) is 48.0 Å². The second-order valence-corrected chi connectivity index (χ2v) is 7.73. The number of hydrogen-bond donors (Lipinski definition) is 0. The molecule has 0 amide bonds. The van der Waals surface area contributed by atoms with Gasteiger partial charge in [0.05, 0.1) is 6.42 Å². The summed E-state index contributed by atoms with van der Waals surface area (Å²) in [6.45, 7) is 16.4. The van der Waals surface area contributed by atoms with Crippen LogP contribution in [0.1, 0.15) is 74.7 Å². The minimum atomic E-state index is -0.451. The number of carbonyl (C=O) groups excluding carboxylic acids is 1. The highest BCUT2D eigenvalue weighted by Crippen LogP contribution is 2.33. The Labute approximate surface area is 112 Å². The Balaban J connectivity index is 4.23. The Morgan fingerprint density at radius 3 is 1.89 bits per heavy atom. The first kappa shape index (κ1) is 17.4. The average Bonchev–Trinajstić information content (AvgIpc) is 2.11. The van der Waals surface area contributed by atoms with Crippen molar-refractivity contribution in [2.75, 3.05) is 0 Å². The normalized spacial score (nSPS) is 13.6. The van der Waals surface area contributed by atoms with Crippen molar-refractivity contribution >= 4 is 5.97 Å². The fraction of sp³-hybridized carbons (Fsp3) is 0.933. The van der Waals surface area contributed by atoms with E-state index in [9.17, 15) is 4.79 Å². The summed E-state index contributed by atoms with van der Waals surface area (Å²) in [6.07, 6.45) is 2.27. The molecule has 0 spiro atoms. The van der Waals surface area contributed by atoms with E-state index in [-0.39, 0.29) is 16.8 Å². The summed E-state index contributed by atoms with van der Waals surface area (Å²) in [5.74, 6) is -0.301. The molecule has 0 aromatic rings. The molecule has 3 nitrogen and oxygen atoms in total. The van der Waals surface area contributed by atoms with Crippen molar-refractivity contribution in [2.45, 2.75) is 80.3 Å². The maximum atomic E-state index is 11.6. The number of hydrogen-bond acceptors (Lipinski definition) is 3. The predicted molar refractivity (Wildman–Crippen MR) is 74.0 cm³/mol. The fourth-order valence-corrected chi connectivity index (χ4v) is 1.93. The Bertz CT molecular complexity index is 272. The first-order chi connectivity index (χ1) is 7.87. The first-order valence-corrected chi connectivity index (χ1v) is 6.75. The third-order valence-corrected chi connectivity index (χ3v) is 2.90. The van der Waals surface area contributed by atoms with Crippen LogP contribution in [0.25, 0.3) is 0 Å². The summed E-state index contributed by atoms with van der Waals surface area (Å²) in [5.41, 5.74) is -0.347. The summed E-state index contributed by atoms with van der Waals surface area (Å²) < 4.78 is 0. The highest BCUT2D eigenvalue weighted by Gasteiger charge is 2.31. The summed E-state index contributed by atoms with van der Waals surface area (Å²) in [5, 5.41) is 0. The molecular weight excluding hydrogens is 228 g/mol. The second kappa shape index (κ2) is 6.05. The van der Waals surface area contributed by atoms with E-state index in [0.717, 1.165) is 12.8 Å². The quantitative estimate of drug-likeness (QED) is 0.519. The molecule has 0 aromatic heterocycles. The molecule has 0 radical (unpaired) electrons. The van der Waals surface area contributed by atoms with Crippen molar-refractivity contribution in [3.8, 4) is 0 Å². The van der Waals surface area contributed by atoms with Crippen LogP contribution in [0.2, 0.25) is 0 Å². The second-order valence-electron chi connectivity index (χ2n) is 7.73. The Hall–Kier alpha value is -0.570. The van der Waals surface area contributed by atoms with Crippen LogP contribution in [0.15, 0.2) is 0 Å². The van der Waals surface area contributed by atoms with Gasteiger partial charge in [-0.2, -0.15) is 4.89 Å². The molecule has 0 rings (SSSR count). The predicted octanol–water partition coefficient (Wildman–Crippen LogP) is 4.50. The van der Waals surface area contributed by atoms with Gasteiger partial charge in [0.1, 0.15) is 5.60 Å². The molecule has 0 aliphatic carbocycles. The molecule has 0 bridgehead atoms. The molecule has 0 unspecified atom stereocenters. The van der Waals surface area contributed by atoms with Crippen LogP contribution in [0, 0.1) is 10.8 Å². The lowest BCUT2D eigenvalue weighted by atomic mass is 9.80. The molecule has 108 valence electrons. The van der Waals surface area contributed by atoms with E-state index < -0.39 is 5.60 Å². The largest absolute Gasteiger partial charge is 0.342 e. The van der Waals surface area contributed by atoms with Crippen molar-refractivity contribution in [1.82, 2.24) is 0 Å². The maximum Gasteiger partial charge on any atom is 0.342 e. The lowest BCUT2D eigenvalue weighted by Gasteiger charge is -2.32. The van der Waals surface area contributed by atoms with E-state index in [0.29, 0.717) is 6.42 Å². The van der Waals surface area contributed by atoms with Gasteiger partial charge in [-0.25, -0.2) is 4.79 Å². The van der Waals surface area contributed by atoms with Crippen LogP contribution in [0.4, 0.5) is 0 Å². The maximum absolute atomic E-state index is 11.6. The minimum absolute atomic E-state index is 0.0761. The summed E-state index contributed by atoms with van der Waals surface area (Å²) >= 11 is 0. The summed E-state index contributed by atoms with van der Waals surface area (Å²) in [6, 6.07) is 0. The molecule has 0 heterocycles. The highest BCUT2D eigenvalue weighted by atomic mass is 17.2. The standard InChI is InChI=1S/C15H30O3/c1-9-14(5,6)11-15(7,8)18-17-12(16)10-13(2,3)4/h9-11H2,1-8H3. The van der Waals surface area contributed by atoms with Crippen molar-refractivity contribution in [1.29, 1.82) is 0 Å². The third-order valence-electron chi connectivity index (χ3n) is 2.90. The van der Waals surface area contributed by atoms with E-state index in [2.05, 4.69) is 20.8 Å². The molecule has 0 atom stereocenters. The Kier molecular flexibility index (Phi) is 5.86. The zero-order valence-corrected chi connectivity index (χ0v) is 13.3. The molecular formula is C15H30O3. The van der Waals surface area contributed by atoms with E-state index in [1.54, 1.807) is 0 Å². The van der Waals surface area contributed by atoms with Gasteiger partial charge in [0, 0.05) is 0 Å². The van der Waals surface area contributed by atoms with E-state index in [1.807, 2.05) is 34.6 Å². The monoisotopic (exact) mass is 258 g/mol. The van der Waals surface area contributed by atoms with Gasteiger partial charge in [-0.15, -0.1) is 0 Å². The molecule has 0 fully saturated rings. The SMILES string of the molecule is CCC(C)(C)CC(C)(C)OOC(=O)CC(C)(C)C. The lowest BCUT2D eigenvalue weighted by Crippen LogP contribution is -2.32. The zero-order valence-electron chi connectivity index (χ0n) is 13.3. The molecule has 0 saturated heterocycles. The smallest absolute Gasteiger partial charge is 0.298 e. The van der Waals surface area contributed by atoms with Crippen molar-refractivity contribution in [2.24, 2.45) is 10.8 Å².